The molecule has 0 spiro atoms. The van der Waals surface area contributed by atoms with Gasteiger partial charge in [-0.2, -0.15) is 9.78 Å². The summed E-state index contributed by atoms with van der Waals surface area (Å²) in [6.45, 7) is 0. The fourth-order valence-electron chi connectivity index (χ4n) is 1.94. The zero-order valence-corrected chi connectivity index (χ0v) is 11.1. The van der Waals surface area contributed by atoms with Crippen LogP contribution in [0.25, 0.3) is 17.1 Å². The molecule has 0 amide bonds. The van der Waals surface area contributed by atoms with E-state index in [1.165, 1.54) is 0 Å². The van der Waals surface area contributed by atoms with Crippen molar-refractivity contribution >= 4 is 5.69 Å². The van der Waals surface area contributed by atoms with E-state index in [2.05, 4.69) is 20.6 Å². The lowest BCUT2D eigenvalue weighted by Crippen LogP contribution is -2.00. The van der Waals surface area contributed by atoms with E-state index in [9.17, 15) is 0 Å². The number of aromatic nitrogens is 6. The second-order valence-electron chi connectivity index (χ2n) is 4.25. The minimum absolute atomic E-state index is 0.565. The maximum Gasteiger partial charge on any atom is 0.190 e. The highest BCUT2D eigenvalue weighted by Gasteiger charge is 2.16. The first kappa shape index (κ1) is 12.2. The van der Waals surface area contributed by atoms with Crippen LogP contribution in [0.1, 0.15) is 0 Å². The van der Waals surface area contributed by atoms with Gasteiger partial charge >= 0.3 is 0 Å². The third-order valence-corrected chi connectivity index (χ3v) is 2.87. The summed E-state index contributed by atoms with van der Waals surface area (Å²) >= 11 is 0. The van der Waals surface area contributed by atoms with Crippen LogP contribution in [0.15, 0.2) is 30.6 Å². The van der Waals surface area contributed by atoms with Crippen LogP contribution in [0.3, 0.4) is 0 Å². The minimum Gasteiger partial charge on any atom is -0.496 e. The summed E-state index contributed by atoms with van der Waals surface area (Å²) in [6.07, 6.45) is 3.51. The monoisotopic (exact) mass is 271 g/mol. The Morgan fingerprint density at radius 1 is 1.30 bits per heavy atom. The highest BCUT2D eigenvalue weighted by atomic mass is 16.5. The van der Waals surface area contributed by atoms with E-state index in [-0.39, 0.29) is 0 Å². The lowest BCUT2D eigenvalue weighted by atomic mass is 10.1. The zero-order valence-electron chi connectivity index (χ0n) is 11.1. The fourth-order valence-corrected chi connectivity index (χ4v) is 1.94. The number of methoxy groups -OCH3 is 1. The van der Waals surface area contributed by atoms with Crippen LogP contribution in [0.4, 0.5) is 5.69 Å². The van der Waals surface area contributed by atoms with Gasteiger partial charge in [-0.15, -0.1) is 5.10 Å². The van der Waals surface area contributed by atoms with Crippen molar-refractivity contribution < 1.29 is 4.74 Å². The lowest BCUT2D eigenvalue weighted by Gasteiger charge is -2.08. The van der Waals surface area contributed by atoms with Gasteiger partial charge in [0.25, 0.3) is 0 Å². The van der Waals surface area contributed by atoms with Gasteiger partial charge in [0.15, 0.2) is 5.82 Å². The van der Waals surface area contributed by atoms with E-state index in [0.29, 0.717) is 17.3 Å². The summed E-state index contributed by atoms with van der Waals surface area (Å²) in [6, 6.07) is 5.34. The van der Waals surface area contributed by atoms with Gasteiger partial charge in [0.05, 0.1) is 25.1 Å². The van der Waals surface area contributed by atoms with Crippen molar-refractivity contribution in [1.82, 2.24) is 30.0 Å². The maximum absolute atomic E-state index is 5.76. The Hall–Kier alpha value is -2.90. The maximum atomic E-state index is 5.76. The predicted molar refractivity (Wildman–Crippen MR) is 72.3 cm³/mol. The number of hydrogen-bond acceptors (Lipinski definition) is 6. The number of tetrazole rings is 1. The Morgan fingerprint density at radius 2 is 2.15 bits per heavy atom. The number of hydrogen-bond donors (Lipinski definition) is 1. The molecule has 0 unspecified atom stereocenters. The van der Waals surface area contributed by atoms with Gasteiger partial charge in [-0.25, -0.2) is 0 Å². The molecule has 0 saturated carbocycles. The Labute approximate surface area is 114 Å². The number of anilines is 1. The van der Waals surface area contributed by atoms with Gasteiger partial charge in [0.1, 0.15) is 11.4 Å². The molecule has 20 heavy (non-hydrogen) atoms. The molecule has 0 aliphatic heterocycles. The smallest absolute Gasteiger partial charge is 0.190 e. The summed E-state index contributed by atoms with van der Waals surface area (Å²) in [5.41, 5.74) is 7.90. The topological polar surface area (TPSA) is 96.7 Å². The van der Waals surface area contributed by atoms with Gasteiger partial charge in [-0.3, -0.25) is 4.68 Å². The first-order chi connectivity index (χ1) is 9.69. The summed E-state index contributed by atoms with van der Waals surface area (Å²) in [5.74, 6) is 1.18. The van der Waals surface area contributed by atoms with E-state index in [4.69, 9.17) is 10.5 Å². The third kappa shape index (κ3) is 1.96. The Bertz CT molecular complexity index is 746. The predicted octanol–water partition coefficient (Wildman–Crippen LogP) is 0.654. The van der Waals surface area contributed by atoms with Crippen LogP contribution in [0, 0.1) is 0 Å². The van der Waals surface area contributed by atoms with Crippen LogP contribution in [-0.2, 0) is 7.05 Å². The molecular formula is C12H13N7O. The van der Waals surface area contributed by atoms with Crippen molar-refractivity contribution in [3.8, 4) is 22.8 Å². The normalized spacial score (nSPS) is 10.7. The molecule has 2 aromatic heterocycles. The molecule has 0 radical (unpaired) electrons. The van der Waals surface area contributed by atoms with E-state index < -0.39 is 0 Å². The summed E-state index contributed by atoms with van der Waals surface area (Å²) < 4.78 is 8.62. The van der Waals surface area contributed by atoms with Crippen LogP contribution in [0.5, 0.6) is 5.75 Å². The molecule has 0 saturated heterocycles. The van der Waals surface area contributed by atoms with Crippen LogP contribution in [-0.4, -0.2) is 37.1 Å². The van der Waals surface area contributed by atoms with E-state index in [0.717, 1.165) is 11.3 Å². The first-order valence-electron chi connectivity index (χ1n) is 5.90. The molecule has 0 aliphatic rings. The molecule has 0 bridgehead atoms. The largest absolute Gasteiger partial charge is 0.496 e. The van der Waals surface area contributed by atoms with Crippen molar-refractivity contribution in [3.63, 3.8) is 0 Å². The molecule has 0 fully saturated rings. The third-order valence-electron chi connectivity index (χ3n) is 2.87. The Balaban J connectivity index is 2.15. The van der Waals surface area contributed by atoms with Gasteiger partial charge in [0, 0.05) is 18.8 Å². The second-order valence-corrected chi connectivity index (χ2v) is 4.25. The number of benzene rings is 1. The average molecular weight is 271 g/mol. The Kier molecular flexibility index (Phi) is 2.82. The quantitative estimate of drug-likeness (QED) is 0.703. The second kappa shape index (κ2) is 4.65. The Morgan fingerprint density at radius 3 is 2.85 bits per heavy atom. The summed E-state index contributed by atoms with van der Waals surface area (Å²) in [4.78, 5) is 0. The van der Waals surface area contributed by atoms with Crippen LogP contribution >= 0.6 is 0 Å². The van der Waals surface area contributed by atoms with Gasteiger partial charge in [0.2, 0.25) is 0 Å². The van der Waals surface area contributed by atoms with Crippen molar-refractivity contribution in [2.24, 2.45) is 7.05 Å². The van der Waals surface area contributed by atoms with E-state index in [1.807, 2.05) is 19.3 Å². The molecule has 8 nitrogen and oxygen atoms in total. The summed E-state index contributed by atoms with van der Waals surface area (Å²) in [5, 5.41) is 15.9. The number of nitrogens with two attached hydrogens (primary N) is 1. The minimum atomic E-state index is 0.565. The molecule has 2 heterocycles. The molecule has 8 heteroatoms. The van der Waals surface area contributed by atoms with Crippen molar-refractivity contribution in [1.29, 1.82) is 0 Å². The molecule has 102 valence electrons. The highest BCUT2D eigenvalue weighted by molar-refractivity contribution is 5.68. The zero-order chi connectivity index (χ0) is 14.1. The molecule has 3 aromatic rings. The number of nitrogens with zero attached hydrogens (tertiary/aromatic N) is 6. The van der Waals surface area contributed by atoms with E-state index >= 15 is 0 Å². The molecule has 1 aromatic carbocycles. The van der Waals surface area contributed by atoms with Gasteiger partial charge in [-0.05, 0) is 22.6 Å². The first-order valence-corrected chi connectivity index (χ1v) is 5.90. The number of rotatable bonds is 3. The molecule has 0 aliphatic carbocycles. The SMILES string of the molecule is COc1cc(N)ccc1-c1nnnn1-c1cnn(C)c1. The van der Waals surface area contributed by atoms with Crippen LogP contribution < -0.4 is 10.5 Å². The highest BCUT2D eigenvalue weighted by Crippen LogP contribution is 2.30. The number of nitrogen functional groups attached to an aromatic ring is 1. The summed E-state index contributed by atoms with van der Waals surface area (Å²) in [7, 11) is 3.41. The van der Waals surface area contributed by atoms with Crippen molar-refractivity contribution in [3.05, 3.63) is 30.6 Å². The van der Waals surface area contributed by atoms with Crippen molar-refractivity contribution in [2.75, 3.05) is 12.8 Å². The van der Waals surface area contributed by atoms with Gasteiger partial charge < -0.3 is 10.5 Å². The average Bonchev–Trinajstić information content (AvgIpc) is 3.06. The number of ether oxygens (including phenoxy) is 1. The lowest BCUT2D eigenvalue weighted by molar-refractivity contribution is 0.416. The van der Waals surface area contributed by atoms with Crippen molar-refractivity contribution in [2.45, 2.75) is 0 Å². The number of aryl methyl sites for hydroxylation is 1. The molecule has 2 N–H and O–H groups in total. The molecule has 3 rings (SSSR count). The molecular weight excluding hydrogens is 258 g/mol. The van der Waals surface area contributed by atoms with E-state index in [1.54, 1.807) is 34.8 Å². The fraction of sp³-hybridized carbons (Fsp3) is 0.167. The van der Waals surface area contributed by atoms with Crippen LogP contribution in [0.2, 0.25) is 0 Å². The van der Waals surface area contributed by atoms with Gasteiger partial charge in [-0.1, -0.05) is 0 Å². The standard InChI is InChI=1S/C12H13N7O/c1-18-7-9(6-14-18)19-12(15-16-17-19)10-4-3-8(13)5-11(10)20-2/h3-7H,13H2,1-2H3. The molecule has 0 atom stereocenters.